The van der Waals surface area contributed by atoms with Crippen molar-refractivity contribution in [1.29, 1.82) is 0 Å². The highest BCUT2D eigenvalue weighted by Crippen LogP contribution is 2.31. The van der Waals surface area contributed by atoms with E-state index in [9.17, 15) is 27.0 Å². The third-order valence-electron chi connectivity index (χ3n) is 4.72. The minimum atomic E-state index is -4.33. The van der Waals surface area contributed by atoms with Gasteiger partial charge in [-0.3, -0.25) is 9.11 Å². The van der Waals surface area contributed by atoms with Crippen molar-refractivity contribution in [3.05, 3.63) is 60.7 Å². The lowest BCUT2D eigenvalue weighted by molar-refractivity contribution is 0.470. The third-order valence-corrected chi connectivity index (χ3v) is 6.38. The van der Waals surface area contributed by atoms with E-state index in [0.717, 1.165) is 17.8 Å². The van der Waals surface area contributed by atoms with Crippen molar-refractivity contribution in [3.8, 4) is 11.5 Å². The number of hydrogen-bond donors (Lipinski definition) is 6. The fourth-order valence-corrected chi connectivity index (χ4v) is 4.19. The Balaban J connectivity index is 0.000000186. The van der Waals surface area contributed by atoms with Gasteiger partial charge in [0, 0.05) is 41.3 Å². The molecule has 0 aliphatic carbocycles. The van der Waals surface area contributed by atoms with E-state index >= 15 is 0 Å². The molecule has 10 nitrogen and oxygen atoms in total. The summed E-state index contributed by atoms with van der Waals surface area (Å²) in [5.41, 5.74) is 6.77. The maximum Gasteiger partial charge on any atom is 0.294 e. The van der Waals surface area contributed by atoms with Crippen LogP contribution in [0.5, 0.6) is 11.5 Å². The molecule has 4 aromatic carbocycles. The van der Waals surface area contributed by atoms with E-state index in [1.54, 1.807) is 37.4 Å². The molecule has 0 unspecified atom stereocenters. The molecule has 0 bridgehead atoms. The number of aromatic hydroxyl groups is 2. The van der Waals surface area contributed by atoms with Crippen LogP contribution in [-0.2, 0) is 20.2 Å². The zero-order valence-electron chi connectivity index (χ0n) is 17.1. The average molecular weight is 493 g/mol. The van der Waals surface area contributed by atoms with Gasteiger partial charge in [-0.05, 0) is 59.3 Å². The first-order valence-corrected chi connectivity index (χ1v) is 12.1. The molecule has 0 aliphatic heterocycles. The number of hydrogen-bond acceptors (Lipinski definition) is 8. The Hall–Kier alpha value is -3.58. The van der Waals surface area contributed by atoms with Crippen LogP contribution in [0.2, 0.25) is 0 Å². The first kappa shape index (κ1) is 24.1. The molecule has 0 saturated carbocycles. The topological polar surface area (TPSA) is 187 Å². The van der Waals surface area contributed by atoms with Crippen LogP contribution >= 0.6 is 0 Å². The molecule has 0 aliphatic rings. The van der Waals surface area contributed by atoms with Gasteiger partial charge in [-0.15, -0.1) is 0 Å². The van der Waals surface area contributed by atoms with E-state index in [0.29, 0.717) is 27.2 Å². The molecule has 0 saturated heterocycles. The largest absolute Gasteiger partial charge is 0.507 e. The molecular formula is C21H20N2O8S2. The first-order chi connectivity index (χ1) is 15.3. The van der Waals surface area contributed by atoms with E-state index in [-0.39, 0.29) is 21.3 Å². The molecular weight excluding hydrogens is 472 g/mol. The van der Waals surface area contributed by atoms with Crippen LogP contribution in [0.15, 0.2) is 70.5 Å². The van der Waals surface area contributed by atoms with E-state index in [1.165, 1.54) is 18.2 Å². The minimum Gasteiger partial charge on any atom is -0.507 e. The standard InChI is InChI=1S/C11H11NO4S.C10H9NO4S/c1-12-8-2-3-10-7(4-8)5-9(6-11(10)13)17(14,15)16;11-7-1-2-9-6(3-7)4-8(5-10(9)12)16(13,14)15/h2-6,12-13H,1H3,(H,14,15,16);1-5,12H,11H2,(H,13,14,15). The molecule has 0 radical (unpaired) electrons. The molecule has 33 heavy (non-hydrogen) atoms. The van der Waals surface area contributed by atoms with Crippen molar-refractivity contribution in [2.24, 2.45) is 0 Å². The van der Waals surface area contributed by atoms with Crippen LogP contribution in [0.4, 0.5) is 11.4 Å². The van der Waals surface area contributed by atoms with Crippen LogP contribution in [0.1, 0.15) is 0 Å². The second kappa shape index (κ2) is 8.75. The Morgan fingerprint density at radius 2 is 1.15 bits per heavy atom. The second-order valence-corrected chi connectivity index (χ2v) is 9.84. The fourth-order valence-electron chi connectivity index (χ4n) is 3.12. The predicted octanol–water partition coefficient (Wildman–Crippen LogP) is 3.21. The van der Waals surface area contributed by atoms with Gasteiger partial charge in [0.15, 0.2) is 0 Å². The summed E-state index contributed by atoms with van der Waals surface area (Å²) in [5.74, 6) is -0.400. The number of nitrogens with one attached hydrogen (secondary N) is 1. The zero-order chi connectivity index (χ0) is 24.6. The zero-order valence-corrected chi connectivity index (χ0v) is 18.7. The Bertz CT molecular complexity index is 1580. The number of phenols is 2. The van der Waals surface area contributed by atoms with E-state index in [2.05, 4.69) is 5.32 Å². The molecule has 0 spiro atoms. The second-order valence-electron chi connectivity index (χ2n) is 7.00. The van der Waals surface area contributed by atoms with Crippen molar-refractivity contribution in [2.75, 3.05) is 18.1 Å². The van der Waals surface area contributed by atoms with Crippen LogP contribution in [0.25, 0.3) is 21.5 Å². The van der Waals surface area contributed by atoms with Gasteiger partial charge in [0.1, 0.15) is 11.5 Å². The highest BCUT2D eigenvalue weighted by atomic mass is 32.2. The maximum atomic E-state index is 11.0. The quantitative estimate of drug-likeness (QED) is 0.183. The van der Waals surface area contributed by atoms with Crippen LogP contribution in [0.3, 0.4) is 0 Å². The SMILES string of the molecule is CNc1ccc2c(O)cc(S(=O)(=O)O)cc2c1.Nc1ccc2c(O)cc(S(=O)(=O)O)cc2c1. The Labute approximate surface area is 189 Å². The summed E-state index contributed by atoms with van der Waals surface area (Å²) in [6.07, 6.45) is 0. The number of nitrogen functional groups attached to an aromatic ring is 1. The van der Waals surface area contributed by atoms with Gasteiger partial charge >= 0.3 is 0 Å². The molecule has 0 heterocycles. The van der Waals surface area contributed by atoms with Crippen molar-refractivity contribution >= 4 is 53.2 Å². The van der Waals surface area contributed by atoms with E-state index < -0.39 is 20.2 Å². The molecule has 0 atom stereocenters. The van der Waals surface area contributed by atoms with Gasteiger partial charge in [-0.1, -0.05) is 0 Å². The third kappa shape index (κ3) is 5.43. The highest BCUT2D eigenvalue weighted by Gasteiger charge is 2.14. The van der Waals surface area contributed by atoms with Crippen LogP contribution in [-0.4, -0.2) is 43.2 Å². The normalized spacial score (nSPS) is 11.7. The molecule has 174 valence electrons. The molecule has 0 fully saturated rings. The first-order valence-electron chi connectivity index (χ1n) is 9.21. The smallest absolute Gasteiger partial charge is 0.294 e. The molecule has 0 amide bonds. The summed E-state index contributed by atoms with van der Waals surface area (Å²) in [6.45, 7) is 0. The van der Waals surface area contributed by atoms with Crippen molar-refractivity contribution in [2.45, 2.75) is 9.79 Å². The monoisotopic (exact) mass is 492 g/mol. The van der Waals surface area contributed by atoms with Gasteiger partial charge in [-0.2, -0.15) is 16.8 Å². The van der Waals surface area contributed by atoms with Crippen molar-refractivity contribution in [3.63, 3.8) is 0 Å². The number of benzene rings is 4. The van der Waals surface area contributed by atoms with Crippen LogP contribution < -0.4 is 11.1 Å². The summed E-state index contributed by atoms with van der Waals surface area (Å²) in [4.78, 5) is -0.682. The van der Waals surface area contributed by atoms with E-state index in [1.807, 2.05) is 0 Å². The lowest BCUT2D eigenvalue weighted by atomic mass is 10.1. The molecule has 0 aromatic heterocycles. The fraction of sp³-hybridized carbons (Fsp3) is 0.0476. The molecule has 7 N–H and O–H groups in total. The Morgan fingerprint density at radius 1 is 0.697 bits per heavy atom. The summed E-state index contributed by atoms with van der Waals surface area (Å²) in [7, 11) is -6.92. The van der Waals surface area contributed by atoms with Gasteiger partial charge < -0.3 is 21.3 Å². The predicted molar refractivity (Wildman–Crippen MR) is 125 cm³/mol. The summed E-state index contributed by atoms with van der Waals surface area (Å²) in [5, 5.41) is 24.2. The van der Waals surface area contributed by atoms with Gasteiger partial charge in [-0.25, -0.2) is 0 Å². The van der Waals surface area contributed by atoms with Crippen molar-refractivity contribution < 1.29 is 36.2 Å². The molecule has 12 heteroatoms. The summed E-state index contributed by atoms with van der Waals surface area (Å²) in [6, 6.07) is 14.4. The summed E-state index contributed by atoms with van der Waals surface area (Å²) >= 11 is 0. The van der Waals surface area contributed by atoms with Gasteiger partial charge in [0.25, 0.3) is 20.2 Å². The van der Waals surface area contributed by atoms with Gasteiger partial charge in [0.2, 0.25) is 0 Å². The van der Waals surface area contributed by atoms with Crippen LogP contribution in [0, 0.1) is 0 Å². The maximum absolute atomic E-state index is 11.0. The minimum absolute atomic E-state index is 0.183. The average Bonchev–Trinajstić information content (AvgIpc) is 2.72. The number of phenolic OH excluding ortho intramolecular Hbond substituents is 2. The lowest BCUT2D eigenvalue weighted by Crippen LogP contribution is -1.98. The highest BCUT2D eigenvalue weighted by molar-refractivity contribution is 7.86. The molecule has 4 rings (SSSR count). The number of rotatable bonds is 3. The Morgan fingerprint density at radius 3 is 1.61 bits per heavy atom. The number of anilines is 2. The Kier molecular flexibility index (Phi) is 6.38. The number of fused-ring (bicyclic) bond motifs is 2. The van der Waals surface area contributed by atoms with Gasteiger partial charge in [0.05, 0.1) is 9.79 Å². The lowest BCUT2D eigenvalue weighted by Gasteiger charge is -2.06. The van der Waals surface area contributed by atoms with E-state index in [4.69, 9.17) is 14.8 Å². The van der Waals surface area contributed by atoms with Crippen molar-refractivity contribution in [1.82, 2.24) is 0 Å². The molecule has 4 aromatic rings. The summed E-state index contributed by atoms with van der Waals surface area (Å²) < 4.78 is 61.7. The number of nitrogens with two attached hydrogens (primary N) is 1.